The number of nitrogens with zero attached hydrogens (tertiary/aromatic N) is 2. The maximum Gasteiger partial charge on any atom is 0.306 e. The highest BCUT2D eigenvalue weighted by Gasteiger charge is 2.43. The third-order valence-electron chi connectivity index (χ3n) is 6.23. The number of aromatic nitrogens is 2. The number of nitrogens with one attached hydrogen (secondary N) is 1. The highest BCUT2D eigenvalue weighted by molar-refractivity contribution is 7.89. The van der Waals surface area contributed by atoms with Crippen molar-refractivity contribution < 1.29 is 17.9 Å². The Bertz CT molecular complexity index is 1010. The van der Waals surface area contributed by atoms with Gasteiger partial charge in [0.05, 0.1) is 5.25 Å². The van der Waals surface area contributed by atoms with E-state index in [1.165, 1.54) is 5.56 Å². The molecule has 0 bridgehead atoms. The number of rotatable bonds is 5. The summed E-state index contributed by atoms with van der Waals surface area (Å²) >= 11 is 0. The molecule has 2 aromatic rings. The zero-order valence-electron chi connectivity index (χ0n) is 17.9. The molecule has 1 aliphatic heterocycles. The molecule has 2 aliphatic rings. The first kappa shape index (κ1) is 21.3. The van der Waals surface area contributed by atoms with Crippen LogP contribution in [0.3, 0.4) is 0 Å². The van der Waals surface area contributed by atoms with Crippen LogP contribution in [0.4, 0.5) is 0 Å². The second-order valence-electron chi connectivity index (χ2n) is 9.61. The van der Waals surface area contributed by atoms with Gasteiger partial charge in [-0.05, 0) is 76.0 Å². The van der Waals surface area contributed by atoms with E-state index in [1.54, 1.807) is 10.5 Å². The predicted octanol–water partition coefficient (Wildman–Crippen LogP) is 3.58. The fourth-order valence-electron chi connectivity index (χ4n) is 4.65. The van der Waals surface area contributed by atoms with E-state index in [2.05, 4.69) is 16.0 Å². The SMILES string of the molecule is CC(C)(C)OC(=O)CC1CC(S(=O)(=O)N2CCC(c3c[nH]c4ncccc34)CC2)C1. The third kappa shape index (κ3) is 4.39. The molecule has 4 rings (SSSR count). The number of carbonyl (C=O) groups is 1. The van der Waals surface area contributed by atoms with Crippen LogP contribution in [0.1, 0.15) is 64.4 Å². The molecule has 0 amide bonds. The van der Waals surface area contributed by atoms with Gasteiger partial charge >= 0.3 is 5.97 Å². The van der Waals surface area contributed by atoms with Crippen molar-refractivity contribution in [2.24, 2.45) is 5.92 Å². The quantitative estimate of drug-likeness (QED) is 0.728. The number of pyridine rings is 1. The first-order chi connectivity index (χ1) is 14.1. The smallest absolute Gasteiger partial charge is 0.306 e. The van der Waals surface area contributed by atoms with Gasteiger partial charge in [0.25, 0.3) is 0 Å². The molecule has 0 aromatic carbocycles. The number of hydrogen-bond donors (Lipinski definition) is 1. The van der Waals surface area contributed by atoms with Gasteiger partial charge < -0.3 is 9.72 Å². The van der Waals surface area contributed by atoms with Crippen LogP contribution in [-0.4, -0.2) is 52.6 Å². The summed E-state index contributed by atoms with van der Waals surface area (Å²) in [5.41, 5.74) is 1.61. The van der Waals surface area contributed by atoms with Crippen molar-refractivity contribution in [2.45, 2.75) is 69.6 Å². The molecule has 0 atom stereocenters. The van der Waals surface area contributed by atoms with Gasteiger partial charge in [-0.2, -0.15) is 0 Å². The Balaban J connectivity index is 1.30. The van der Waals surface area contributed by atoms with E-state index < -0.39 is 15.6 Å². The highest BCUT2D eigenvalue weighted by atomic mass is 32.2. The molecule has 7 nitrogen and oxygen atoms in total. The van der Waals surface area contributed by atoms with Crippen molar-refractivity contribution in [1.29, 1.82) is 0 Å². The minimum atomic E-state index is -3.30. The average molecular weight is 434 g/mol. The Kier molecular flexibility index (Phi) is 5.66. The van der Waals surface area contributed by atoms with Crippen molar-refractivity contribution >= 4 is 27.0 Å². The maximum absolute atomic E-state index is 13.0. The predicted molar refractivity (Wildman–Crippen MR) is 116 cm³/mol. The van der Waals surface area contributed by atoms with Crippen LogP contribution in [0.15, 0.2) is 24.5 Å². The third-order valence-corrected chi connectivity index (χ3v) is 8.54. The zero-order valence-corrected chi connectivity index (χ0v) is 18.7. The molecule has 1 saturated carbocycles. The molecule has 2 aromatic heterocycles. The fraction of sp³-hybridized carbons (Fsp3) is 0.636. The molecule has 0 spiro atoms. The highest BCUT2D eigenvalue weighted by Crippen LogP contribution is 2.39. The van der Waals surface area contributed by atoms with E-state index in [4.69, 9.17) is 4.74 Å². The van der Waals surface area contributed by atoms with Gasteiger partial charge in [0.2, 0.25) is 10.0 Å². The monoisotopic (exact) mass is 433 g/mol. The van der Waals surface area contributed by atoms with Gasteiger partial charge in [0.15, 0.2) is 0 Å². The lowest BCUT2D eigenvalue weighted by atomic mass is 9.82. The number of fused-ring (bicyclic) bond motifs is 1. The Labute approximate surface area is 178 Å². The number of piperidine rings is 1. The summed E-state index contributed by atoms with van der Waals surface area (Å²) in [5, 5.41) is 0.765. The van der Waals surface area contributed by atoms with Crippen LogP contribution >= 0.6 is 0 Å². The number of carbonyl (C=O) groups excluding carboxylic acids is 1. The van der Waals surface area contributed by atoms with Crippen molar-refractivity contribution in [3.63, 3.8) is 0 Å². The molecular weight excluding hydrogens is 402 g/mol. The van der Waals surface area contributed by atoms with Crippen LogP contribution in [0.25, 0.3) is 11.0 Å². The molecule has 30 heavy (non-hydrogen) atoms. The average Bonchev–Trinajstić information content (AvgIpc) is 3.07. The van der Waals surface area contributed by atoms with Gasteiger partial charge in [-0.25, -0.2) is 17.7 Å². The molecule has 1 N–H and O–H groups in total. The molecule has 3 heterocycles. The number of esters is 1. The Morgan fingerprint density at radius 1 is 1.27 bits per heavy atom. The molecule has 1 aliphatic carbocycles. The summed E-state index contributed by atoms with van der Waals surface area (Å²) < 4.78 is 33.1. The number of sulfonamides is 1. The molecular formula is C22H31N3O4S. The van der Waals surface area contributed by atoms with Crippen LogP contribution < -0.4 is 0 Å². The summed E-state index contributed by atoms with van der Waals surface area (Å²) in [4.78, 5) is 19.5. The summed E-state index contributed by atoms with van der Waals surface area (Å²) in [6.45, 7) is 6.63. The van der Waals surface area contributed by atoms with E-state index in [9.17, 15) is 13.2 Å². The van der Waals surface area contributed by atoms with Crippen molar-refractivity contribution in [1.82, 2.24) is 14.3 Å². The number of H-pyrrole nitrogens is 1. The lowest BCUT2D eigenvalue weighted by Gasteiger charge is -2.40. The van der Waals surface area contributed by atoms with Gasteiger partial charge in [0.1, 0.15) is 11.2 Å². The first-order valence-electron chi connectivity index (χ1n) is 10.8. The van der Waals surface area contributed by atoms with E-state index in [0.717, 1.165) is 23.9 Å². The summed E-state index contributed by atoms with van der Waals surface area (Å²) in [6, 6.07) is 4.00. The molecule has 1 saturated heterocycles. The van der Waals surface area contributed by atoms with E-state index >= 15 is 0 Å². The largest absolute Gasteiger partial charge is 0.460 e. The normalized spacial score (nSPS) is 24.0. The van der Waals surface area contributed by atoms with Crippen LogP contribution in [0.2, 0.25) is 0 Å². The second-order valence-corrected chi connectivity index (χ2v) is 11.8. The van der Waals surface area contributed by atoms with Gasteiger partial charge in [-0.15, -0.1) is 0 Å². The molecule has 8 heteroatoms. The first-order valence-corrected chi connectivity index (χ1v) is 12.3. The van der Waals surface area contributed by atoms with Gasteiger partial charge in [0, 0.05) is 37.3 Å². The molecule has 0 radical (unpaired) electrons. The van der Waals surface area contributed by atoms with E-state index in [0.29, 0.717) is 38.3 Å². The molecule has 164 valence electrons. The van der Waals surface area contributed by atoms with Crippen LogP contribution in [0.5, 0.6) is 0 Å². The Morgan fingerprint density at radius 2 is 1.97 bits per heavy atom. The molecule has 2 fully saturated rings. The Hall–Kier alpha value is -1.93. The van der Waals surface area contributed by atoms with E-state index in [-0.39, 0.29) is 17.1 Å². The van der Waals surface area contributed by atoms with Crippen LogP contribution in [-0.2, 0) is 19.6 Å². The Morgan fingerprint density at radius 3 is 2.63 bits per heavy atom. The minimum absolute atomic E-state index is 0.107. The van der Waals surface area contributed by atoms with E-state index in [1.807, 2.05) is 33.0 Å². The van der Waals surface area contributed by atoms with Gasteiger partial charge in [-0.3, -0.25) is 4.79 Å². The topological polar surface area (TPSA) is 92.4 Å². The summed E-state index contributed by atoms with van der Waals surface area (Å²) in [7, 11) is -3.30. The number of ether oxygens (including phenoxy) is 1. The lowest BCUT2D eigenvalue weighted by molar-refractivity contribution is -0.156. The fourth-order valence-corrected chi connectivity index (χ4v) is 6.82. The summed E-state index contributed by atoms with van der Waals surface area (Å²) in [5.74, 6) is 0.212. The van der Waals surface area contributed by atoms with Crippen LogP contribution in [0, 0.1) is 5.92 Å². The molecule has 0 unspecified atom stereocenters. The number of aromatic amines is 1. The lowest BCUT2D eigenvalue weighted by Crippen LogP contribution is -2.48. The standard InChI is InChI=1S/C22H31N3O4S/c1-22(2,3)29-20(26)13-15-11-17(12-15)30(27,28)25-9-6-16(7-10-25)19-14-24-21-18(19)5-4-8-23-21/h4-5,8,14-17H,6-7,9-13H2,1-3H3,(H,23,24). The maximum atomic E-state index is 13.0. The van der Waals surface area contributed by atoms with Gasteiger partial charge in [-0.1, -0.05) is 0 Å². The van der Waals surface area contributed by atoms with Crippen molar-refractivity contribution in [2.75, 3.05) is 13.1 Å². The van der Waals surface area contributed by atoms with Crippen molar-refractivity contribution in [3.8, 4) is 0 Å². The summed E-state index contributed by atoms with van der Waals surface area (Å²) in [6.07, 6.45) is 6.82. The second kappa shape index (κ2) is 7.96. The minimum Gasteiger partial charge on any atom is -0.460 e. The zero-order chi connectivity index (χ0) is 21.5. The van der Waals surface area contributed by atoms with Crippen molar-refractivity contribution in [3.05, 3.63) is 30.1 Å². The number of hydrogen-bond acceptors (Lipinski definition) is 5.